The monoisotopic (exact) mass is 295 g/mol. The van der Waals surface area contributed by atoms with Gasteiger partial charge in [-0.2, -0.15) is 0 Å². The van der Waals surface area contributed by atoms with Crippen LogP contribution in [0.3, 0.4) is 0 Å². The largest absolute Gasteiger partial charge is 0.490 e. The minimum atomic E-state index is 0.259. The lowest BCUT2D eigenvalue weighted by Gasteiger charge is -2.31. The smallest absolute Gasteiger partial charge is 0.121 e. The van der Waals surface area contributed by atoms with E-state index in [1.165, 1.54) is 32.1 Å². The average Bonchev–Trinajstić information content (AvgIpc) is 2.47. The number of halogens is 1. The van der Waals surface area contributed by atoms with E-state index in [-0.39, 0.29) is 6.04 Å². The van der Waals surface area contributed by atoms with Crippen molar-refractivity contribution >= 4 is 11.6 Å². The van der Waals surface area contributed by atoms with Crippen LogP contribution in [-0.2, 0) is 0 Å². The highest BCUT2D eigenvalue weighted by Gasteiger charge is 2.25. The molecule has 3 heteroatoms. The lowest BCUT2D eigenvalue weighted by atomic mass is 9.85. The summed E-state index contributed by atoms with van der Waals surface area (Å²) in [5.74, 6) is 1.60. The van der Waals surface area contributed by atoms with Crippen molar-refractivity contribution in [2.45, 2.75) is 58.1 Å². The van der Waals surface area contributed by atoms with Gasteiger partial charge in [0.15, 0.2) is 0 Å². The molecule has 1 saturated carbocycles. The molecular weight excluding hydrogens is 270 g/mol. The highest BCUT2D eigenvalue weighted by molar-refractivity contribution is 6.31. The van der Waals surface area contributed by atoms with Gasteiger partial charge in [0.2, 0.25) is 0 Å². The molecule has 2 nitrogen and oxygen atoms in total. The highest BCUT2D eigenvalue weighted by atomic mass is 35.5. The minimum Gasteiger partial charge on any atom is -0.490 e. The topological polar surface area (TPSA) is 21.3 Å². The molecular formula is C17H26ClNO. The van der Waals surface area contributed by atoms with Gasteiger partial charge in [0.05, 0.1) is 0 Å². The standard InChI is InChI=1S/C17H26ClNO/c1-4-13-7-5-6-8-17(13)20-14-9-10-15(12(2)19-3)16(18)11-14/h9-13,17,19H,4-8H2,1-3H3. The Morgan fingerprint density at radius 1 is 1.35 bits per heavy atom. The summed E-state index contributed by atoms with van der Waals surface area (Å²) in [7, 11) is 1.94. The van der Waals surface area contributed by atoms with E-state index in [0.29, 0.717) is 12.0 Å². The Bertz CT molecular complexity index is 435. The summed E-state index contributed by atoms with van der Waals surface area (Å²) >= 11 is 6.37. The van der Waals surface area contributed by atoms with Crippen LogP contribution >= 0.6 is 11.6 Å². The van der Waals surface area contributed by atoms with Gasteiger partial charge in [0.25, 0.3) is 0 Å². The van der Waals surface area contributed by atoms with E-state index in [1.807, 2.05) is 13.1 Å². The number of hydrogen-bond acceptors (Lipinski definition) is 2. The van der Waals surface area contributed by atoms with E-state index in [2.05, 4.69) is 31.3 Å². The van der Waals surface area contributed by atoms with Crippen LogP contribution in [0.5, 0.6) is 5.75 Å². The summed E-state index contributed by atoms with van der Waals surface area (Å²) in [5, 5.41) is 4.00. The normalized spacial score (nSPS) is 24.4. The summed E-state index contributed by atoms with van der Waals surface area (Å²) in [6.45, 7) is 4.37. The molecule has 1 aromatic rings. The third kappa shape index (κ3) is 3.67. The summed E-state index contributed by atoms with van der Waals surface area (Å²) in [6, 6.07) is 6.35. The summed E-state index contributed by atoms with van der Waals surface area (Å²) in [4.78, 5) is 0. The Morgan fingerprint density at radius 2 is 2.10 bits per heavy atom. The van der Waals surface area contributed by atoms with Gasteiger partial charge >= 0.3 is 0 Å². The van der Waals surface area contributed by atoms with E-state index in [0.717, 1.165) is 16.3 Å². The van der Waals surface area contributed by atoms with Gasteiger partial charge in [-0.15, -0.1) is 0 Å². The SMILES string of the molecule is CCC1CCCCC1Oc1ccc(C(C)NC)c(Cl)c1. The van der Waals surface area contributed by atoms with Crippen molar-refractivity contribution < 1.29 is 4.74 Å². The quantitative estimate of drug-likeness (QED) is 0.828. The van der Waals surface area contributed by atoms with Crippen molar-refractivity contribution in [2.75, 3.05) is 7.05 Å². The molecule has 0 bridgehead atoms. The molecule has 3 unspecified atom stereocenters. The third-order valence-corrected chi connectivity index (χ3v) is 4.85. The molecule has 1 aliphatic carbocycles. The number of rotatable bonds is 5. The van der Waals surface area contributed by atoms with E-state index in [4.69, 9.17) is 16.3 Å². The van der Waals surface area contributed by atoms with Crippen LogP contribution in [0.25, 0.3) is 0 Å². The lowest BCUT2D eigenvalue weighted by molar-refractivity contribution is 0.0904. The van der Waals surface area contributed by atoms with E-state index >= 15 is 0 Å². The maximum absolute atomic E-state index is 6.37. The molecule has 1 aliphatic rings. The van der Waals surface area contributed by atoms with E-state index < -0.39 is 0 Å². The molecule has 0 amide bonds. The first-order valence-electron chi connectivity index (χ1n) is 7.79. The fraction of sp³-hybridized carbons (Fsp3) is 0.647. The van der Waals surface area contributed by atoms with Gasteiger partial charge in [-0.05, 0) is 63.3 Å². The second-order valence-corrected chi connectivity index (χ2v) is 6.21. The summed E-state index contributed by atoms with van der Waals surface area (Å²) in [5.41, 5.74) is 1.12. The maximum Gasteiger partial charge on any atom is 0.121 e. The predicted molar refractivity (Wildman–Crippen MR) is 85.6 cm³/mol. The summed E-state index contributed by atoms with van der Waals surface area (Å²) < 4.78 is 6.20. The van der Waals surface area contributed by atoms with Crippen molar-refractivity contribution in [3.05, 3.63) is 28.8 Å². The molecule has 0 aliphatic heterocycles. The van der Waals surface area contributed by atoms with Gasteiger partial charge in [-0.25, -0.2) is 0 Å². The van der Waals surface area contributed by atoms with Crippen molar-refractivity contribution in [2.24, 2.45) is 5.92 Å². The number of nitrogens with one attached hydrogen (secondary N) is 1. The predicted octanol–water partition coefficient (Wildman–Crippen LogP) is 4.97. The molecule has 1 N–H and O–H groups in total. The van der Waals surface area contributed by atoms with Crippen LogP contribution in [0, 0.1) is 5.92 Å². The summed E-state index contributed by atoms with van der Waals surface area (Å²) in [6.07, 6.45) is 6.65. The van der Waals surface area contributed by atoms with E-state index in [9.17, 15) is 0 Å². The molecule has 0 saturated heterocycles. The molecule has 1 aromatic carbocycles. The third-order valence-electron chi connectivity index (χ3n) is 4.52. The van der Waals surface area contributed by atoms with Crippen molar-refractivity contribution in [3.8, 4) is 5.75 Å². The van der Waals surface area contributed by atoms with Gasteiger partial charge in [0, 0.05) is 11.1 Å². The average molecular weight is 296 g/mol. The van der Waals surface area contributed by atoms with Crippen LogP contribution in [0.4, 0.5) is 0 Å². The number of ether oxygens (including phenoxy) is 1. The maximum atomic E-state index is 6.37. The molecule has 0 heterocycles. The molecule has 3 atom stereocenters. The zero-order chi connectivity index (χ0) is 14.5. The fourth-order valence-electron chi connectivity index (χ4n) is 3.06. The van der Waals surface area contributed by atoms with Crippen molar-refractivity contribution in [1.82, 2.24) is 5.32 Å². The molecule has 0 radical (unpaired) electrons. The van der Waals surface area contributed by atoms with Gasteiger partial charge in [0.1, 0.15) is 11.9 Å². The van der Waals surface area contributed by atoms with Crippen LogP contribution in [0.1, 0.15) is 57.6 Å². The molecule has 20 heavy (non-hydrogen) atoms. The highest BCUT2D eigenvalue weighted by Crippen LogP contribution is 2.33. The number of benzene rings is 1. The Balaban J connectivity index is 2.07. The lowest BCUT2D eigenvalue weighted by Crippen LogP contribution is -2.29. The van der Waals surface area contributed by atoms with Crippen LogP contribution in [0.15, 0.2) is 18.2 Å². The fourth-order valence-corrected chi connectivity index (χ4v) is 3.39. The first-order chi connectivity index (χ1) is 9.65. The molecule has 112 valence electrons. The second-order valence-electron chi connectivity index (χ2n) is 5.80. The zero-order valence-corrected chi connectivity index (χ0v) is 13.5. The van der Waals surface area contributed by atoms with Gasteiger partial charge < -0.3 is 10.1 Å². The van der Waals surface area contributed by atoms with Crippen LogP contribution in [-0.4, -0.2) is 13.2 Å². The Labute approximate surface area is 127 Å². The van der Waals surface area contributed by atoms with Crippen LogP contribution < -0.4 is 10.1 Å². The molecule has 1 fully saturated rings. The van der Waals surface area contributed by atoms with Crippen molar-refractivity contribution in [1.29, 1.82) is 0 Å². The Kier molecular flexibility index (Phi) is 5.74. The van der Waals surface area contributed by atoms with Gasteiger partial charge in [-0.3, -0.25) is 0 Å². The molecule has 2 rings (SSSR count). The first kappa shape index (κ1) is 15.7. The Hall–Kier alpha value is -0.730. The Morgan fingerprint density at radius 3 is 2.75 bits per heavy atom. The van der Waals surface area contributed by atoms with Crippen molar-refractivity contribution in [3.63, 3.8) is 0 Å². The molecule has 0 aromatic heterocycles. The second kappa shape index (κ2) is 7.33. The first-order valence-corrected chi connectivity index (χ1v) is 8.16. The van der Waals surface area contributed by atoms with Crippen LogP contribution in [0.2, 0.25) is 5.02 Å². The van der Waals surface area contributed by atoms with Gasteiger partial charge in [-0.1, -0.05) is 31.0 Å². The molecule has 0 spiro atoms. The zero-order valence-electron chi connectivity index (χ0n) is 12.8. The number of hydrogen-bond donors (Lipinski definition) is 1. The minimum absolute atomic E-state index is 0.259. The van der Waals surface area contributed by atoms with E-state index in [1.54, 1.807) is 0 Å².